The normalized spacial score (nSPS) is 14.4. The van der Waals surface area contributed by atoms with Crippen LogP contribution in [0.4, 0.5) is 0 Å². The first-order valence-electron chi connectivity index (χ1n) is 7.56. The number of hydrogen-bond acceptors (Lipinski definition) is 4. The molecular formula is C17H18N2O4. The molecule has 1 aromatic heterocycles. The van der Waals surface area contributed by atoms with Gasteiger partial charge in [-0.2, -0.15) is 0 Å². The second kappa shape index (κ2) is 6.16. The Morgan fingerprint density at radius 3 is 2.83 bits per heavy atom. The summed E-state index contributed by atoms with van der Waals surface area (Å²) >= 11 is 0. The maximum Gasteiger partial charge on any atom is 0.300 e. The highest BCUT2D eigenvalue weighted by Gasteiger charge is 2.21. The Morgan fingerprint density at radius 2 is 2.13 bits per heavy atom. The molecule has 6 nitrogen and oxygen atoms in total. The largest absolute Gasteiger partial charge is 0.506 e. The smallest absolute Gasteiger partial charge is 0.300 e. The van der Waals surface area contributed by atoms with Crippen LogP contribution in [0, 0.1) is 5.92 Å². The lowest BCUT2D eigenvalue weighted by molar-refractivity contribution is 0.0971. The topological polar surface area (TPSA) is 94.6 Å². The minimum absolute atomic E-state index is 0.288. The van der Waals surface area contributed by atoms with Gasteiger partial charge in [0.1, 0.15) is 17.9 Å². The number of carbonyl (C=O) groups is 1. The minimum atomic E-state index is -0.982. The first-order valence-corrected chi connectivity index (χ1v) is 7.56. The summed E-state index contributed by atoms with van der Waals surface area (Å²) in [6, 6.07) is 6.66. The average Bonchev–Trinajstić information content (AvgIpc) is 3.34. The van der Waals surface area contributed by atoms with Crippen molar-refractivity contribution in [3.8, 4) is 5.75 Å². The molecule has 0 unspecified atom stereocenters. The fourth-order valence-electron chi connectivity index (χ4n) is 2.44. The van der Waals surface area contributed by atoms with Crippen LogP contribution >= 0.6 is 0 Å². The Bertz CT molecular complexity index is 834. The third-order valence-electron chi connectivity index (χ3n) is 3.79. The maximum atomic E-state index is 12.4. The summed E-state index contributed by atoms with van der Waals surface area (Å²) in [6.45, 7) is 0.288. The van der Waals surface area contributed by atoms with Crippen LogP contribution in [0.1, 0.15) is 29.6 Å². The second-order valence-electron chi connectivity index (χ2n) is 5.59. The number of para-hydroxylation sites is 1. The van der Waals surface area contributed by atoms with E-state index in [0.717, 1.165) is 4.73 Å². The molecule has 0 radical (unpaired) electrons. The number of fused-ring (bicyclic) bond motifs is 1. The van der Waals surface area contributed by atoms with Gasteiger partial charge in [-0.15, -0.1) is 4.73 Å². The zero-order valence-corrected chi connectivity index (χ0v) is 12.6. The van der Waals surface area contributed by atoms with E-state index < -0.39 is 22.8 Å². The van der Waals surface area contributed by atoms with Crippen molar-refractivity contribution in [1.82, 2.24) is 4.73 Å². The van der Waals surface area contributed by atoms with E-state index in [9.17, 15) is 14.7 Å². The molecule has 1 aromatic carbocycles. The summed E-state index contributed by atoms with van der Waals surface area (Å²) in [5, 5.41) is 10.5. The molecule has 2 aromatic rings. The van der Waals surface area contributed by atoms with Crippen LogP contribution in [0.25, 0.3) is 10.9 Å². The molecule has 0 spiro atoms. The molecule has 1 amide bonds. The quantitative estimate of drug-likeness (QED) is 0.625. The standard InChI is InChI=1S/C17H18N2O4/c18-16(21)14-15(20)12-6-1-2-7-13(12)19(17(14)22)23-10-4-3-5-11-8-9-11/h1-3,5-7,11,20H,4,8-10H2,(H2,18,21). The number of rotatable bonds is 6. The van der Waals surface area contributed by atoms with Gasteiger partial charge in [-0.3, -0.25) is 9.59 Å². The van der Waals surface area contributed by atoms with E-state index in [1.54, 1.807) is 24.3 Å². The highest BCUT2D eigenvalue weighted by atomic mass is 16.7. The Balaban J connectivity index is 1.93. The molecule has 1 saturated carbocycles. The first kappa shape index (κ1) is 15.1. The summed E-state index contributed by atoms with van der Waals surface area (Å²) in [5.74, 6) is -0.704. The van der Waals surface area contributed by atoms with E-state index in [0.29, 0.717) is 23.2 Å². The third kappa shape index (κ3) is 3.06. The van der Waals surface area contributed by atoms with Crippen molar-refractivity contribution in [2.75, 3.05) is 6.61 Å². The lowest BCUT2D eigenvalue weighted by atomic mass is 10.1. The summed E-state index contributed by atoms with van der Waals surface area (Å²) in [5.41, 5.74) is 4.40. The van der Waals surface area contributed by atoms with Crippen LogP contribution in [0.2, 0.25) is 0 Å². The Hall–Kier alpha value is -2.76. The van der Waals surface area contributed by atoms with Crippen LogP contribution in [0.3, 0.4) is 0 Å². The predicted molar refractivity (Wildman–Crippen MR) is 86.3 cm³/mol. The van der Waals surface area contributed by atoms with Gasteiger partial charge in [-0.25, -0.2) is 0 Å². The number of nitrogens with zero attached hydrogens (tertiary/aromatic N) is 1. The van der Waals surface area contributed by atoms with Crippen molar-refractivity contribution in [3.05, 3.63) is 52.3 Å². The van der Waals surface area contributed by atoms with Crippen molar-refractivity contribution in [2.24, 2.45) is 11.7 Å². The molecule has 0 bridgehead atoms. The van der Waals surface area contributed by atoms with E-state index in [4.69, 9.17) is 10.6 Å². The first-order chi connectivity index (χ1) is 11.1. The van der Waals surface area contributed by atoms with Gasteiger partial charge in [0.2, 0.25) is 0 Å². The summed E-state index contributed by atoms with van der Waals surface area (Å²) < 4.78 is 1.03. The van der Waals surface area contributed by atoms with E-state index in [-0.39, 0.29) is 6.61 Å². The van der Waals surface area contributed by atoms with E-state index >= 15 is 0 Å². The third-order valence-corrected chi connectivity index (χ3v) is 3.79. The van der Waals surface area contributed by atoms with Gasteiger partial charge in [0.15, 0.2) is 0 Å². The molecule has 23 heavy (non-hydrogen) atoms. The highest BCUT2D eigenvalue weighted by molar-refractivity contribution is 6.01. The number of aromatic nitrogens is 1. The molecule has 0 aliphatic heterocycles. The lowest BCUT2D eigenvalue weighted by Crippen LogP contribution is -2.34. The number of carbonyl (C=O) groups excluding carboxylic acids is 1. The van der Waals surface area contributed by atoms with Crippen LogP contribution in [0.5, 0.6) is 5.75 Å². The van der Waals surface area contributed by atoms with E-state index in [1.807, 2.05) is 6.08 Å². The number of pyridine rings is 1. The fourth-order valence-corrected chi connectivity index (χ4v) is 2.44. The van der Waals surface area contributed by atoms with Crippen molar-refractivity contribution in [1.29, 1.82) is 0 Å². The molecular weight excluding hydrogens is 296 g/mol. The maximum absolute atomic E-state index is 12.4. The zero-order chi connectivity index (χ0) is 16.4. The Morgan fingerprint density at radius 1 is 1.39 bits per heavy atom. The number of allylic oxidation sites excluding steroid dienone is 1. The van der Waals surface area contributed by atoms with Gasteiger partial charge in [0.05, 0.1) is 5.52 Å². The molecule has 3 rings (SSSR count). The van der Waals surface area contributed by atoms with Crippen LogP contribution in [-0.4, -0.2) is 22.4 Å². The van der Waals surface area contributed by atoms with Gasteiger partial charge in [0, 0.05) is 11.8 Å². The highest BCUT2D eigenvalue weighted by Crippen LogP contribution is 2.30. The summed E-state index contributed by atoms with van der Waals surface area (Å²) in [4.78, 5) is 29.4. The number of primary amides is 1. The van der Waals surface area contributed by atoms with Gasteiger partial charge in [-0.1, -0.05) is 24.3 Å². The molecule has 3 N–H and O–H groups in total. The molecule has 6 heteroatoms. The zero-order valence-electron chi connectivity index (χ0n) is 12.6. The number of benzene rings is 1. The van der Waals surface area contributed by atoms with E-state index in [2.05, 4.69) is 6.08 Å². The van der Waals surface area contributed by atoms with Crippen molar-refractivity contribution in [3.63, 3.8) is 0 Å². The molecule has 120 valence electrons. The van der Waals surface area contributed by atoms with Gasteiger partial charge < -0.3 is 15.7 Å². The van der Waals surface area contributed by atoms with Gasteiger partial charge >= 0.3 is 0 Å². The van der Waals surface area contributed by atoms with Crippen LogP contribution in [0.15, 0.2) is 41.2 Å². The molecule has 1 aliphatic rings. The SMILES string of the molecule is NC(=O)c1c(O)c2ccccc2n(OCCC=CC2CC2)c1=O. The summed E-state index contributed by atoms with van der Waals surface area (Å²) in [7, 11) is 0. The van der Waals surface area contributed by atoms with Gasteiger partial charge in [0.25, 0.3) is 11.5 Å². The lowest BCUT2D eigenvalue weighted by Gasteiger charge is -2.13. The predicted octanol–water partition coefficient (Wildman–Crippen LogP) is 1.59. The molecule has 1 heterocycles. The number of aromatic hydroxyl groups is 1. The molecule has 1 fully saturated rings. The Kier molecular flexibility index (Phi) is 4.06. The van der Waals surface area contributed by atoms with Crippen molar-refractivity contribution < 1.29 is 14.7 Å². The van der Waals surface area contributed by atoms with Crippen LogP contribution < -0.4 is 16.1 Å². The number of hydrogen-bond donors (Lipinski definition) is 2. The molecule has 0 atom stereocenters. The fraction of sp³-hybridized carbons (Fsp3) is 0.294. The Labute approximate surface area is 132 Å². The molecule has 0 saturated heterocycles. The van der Waals surface area contributed by atoms with Crippen molar-refractivity contribution in [2.45, 2.75) is 19.3 Å². The number of nitrogens with two attached hydrogens (primary N) is 1. The van der Waals surface area contributed by atoms with E-state index in [1.165, 1.54) is 12.8 Å². The summed E-state index contributed by atoms with van der Waals surface area (Å²) in [6.07, 6.45) is 7.31. The minimum Gasteiger partial charge on any atom is -0.506 e. The monoisotopic (exact) mass is 314 g/mol. The van der Waals surface area contributed by atoms with Crippen molar-refractivity contribution >= 4 is 16.8 Å². The molecule has 1 aliphatic carbocycles. The average molecular weight is 314 g/mol. The van der Waals surface area contributed by atoms with Crippen LogP contribution in [-0.2, 0) is 0 Å². The van der Waals surface area contributed by atoms with Gasteiger partial charge in [-0.05, 0) is 30.9 Å². The second-order valence-corrected chi connectivity index (χ2v) is 5.59. The number of amides is 1.